The van der Waals surface area contributed by atoms with Gasteiger partial charge in [0.25, 0.3) is 0 Å². The second kappa shape index (κ2) is 4.62. The third-order valence-corrected chi connectivity index (χ3v) is 4.44. The molecule has 108 valence electrons. The van der Waals surface area contributed by atoms with Crippen molar-refractivity contribution in [3.8, 4) is 5.75 Å². The van der Waals surface area contributed by atoms with E-state index in [1.807, 2.05) is 6.07 Å². The summed E-state index contributed by atoms with van der Waals surface area (Å²) < 4.78 is 0. The van der Waals surface area contributed by atoms with Crippen LogP contribution in [0.25, 0.3) is 21.9 Å². The number of aromatic hydroxyl groups is 1. The number of rotatable bonds is 1. The quantitative estimate of drug-likeness (QED) is 0.720. The maximum atomic E-state index is 9.78. The molecule has 0 unspecified atom stereocenters. The molecule has 1 aliphatic heterocycles. The first-order chi connectivity index (χ1) is 10.2. The maximum absolute atomic E-state index is 9.78. The number of phenols is 1. The monoisotopic (exact) mass is 282 g/mol. The van der Waals surface area contributed by atoms with Crippen LogP contribution in [0.5, 0.6) is 5.75 Å². The molecule has 21 heavy (non-hydrogen) atoms. The van der Waals surface area contributed by atoms with Crippen molar-refractivity contribution in [2.45, 2.75) is 19.8 Å². The number of aromatic amines is 1. The van der Waals surface area contributed by atoms with E-state index in [1.54, 1.807) is 18.5 Å². The fourth-order valence-electron chi connectivity index (χ4n) is 3.15. The van der Waals surface area contributed by atoms with Gasteiger partial charge in [-0.1, -0.05) is 6.92 Å². The zero-order chi connectivity index (χ0) is 14.4. The summed E-state index contributed by atoms with van der Waals surface area (Å²) in [5.41, 5.74) is 1.81. The lowest BCUT2D eigenvalue weighted by Crippen LogP contribution is -2.33. The summed E-state index contributed by atoms with van der Waals surface area (Å²) in [4.78, 5) is 14.5. The van der Waals surface area contributed by atoms with Gasteiger partial charge >= 0.3 is 0 Å². The molecule has 0 radical (unpaired) electrons. The van der Waals surface area contributed by atoms with Gasteiger partial charge in [-0.3, -0.25) is 0 Å². The fourth-order valence-corrected chi connectivity index (χ4v) is 3.15. The highest BCUT2D eigenvalue weighted by Gasteiger charge is 2.21. The SMILES string of the molecule is CC1CCN(c2ncnc3[nH]c4ccc(O)cc4c23)CC1. The van der Waals surface area contributed by atoms with Crippen molar-refractivity contribution in [1.82, 2.24) is 15.0 Å². The molecule has 2 aromatic heterocycles. The molecule has 1 aliphatic rings. The van der Waals surface area contributed by atoms with Crippen molar-refractivity contribution >= 4 is 27.8 Å². The number of fused-ring (bicyclic) bond motifs is 3. The third kappa shape index (κ3) is 2.00. The smallest absolute Gasteiger partial charge is 0.143 e. The van der Waals surface area contributed by atoms with Crippen LogP contribution in [0.1, 0.15) is 19.8 Å². The minimum Gasteiger partial charge on any atom is -0.508 e. The summed E-state index contributed by atoms with van der Waals surface area (Å²) in [6, 6.07) is 5.36. The molecule has 1 fully saturated rings. The van der Waals surface area contributed by atoms with Crippen LogP contribution in [0.2, 0.25) is 0 Å². The van der Waals surface area contributed by atoms with Crippen molar-refractivity contribution in [3.63, 3.8) is 0 Å². The predicted molar refractivity (Wildman–Crippen MR) is 83.7 cm³/mol. The summed E-state index contributed by atoms with van der Waals surface area (Å²) in [5.74, 6) is 2.03. The number of piperidine rings is 1. The molecule has 1 saturated heterocycles. The van der Waals surface area contributed by atoms with Crippen LogP contribution in [-0.4, -0.2) is 33.1 Å². The zero-order valence-electron chi connectivity index (χ0n) is 12.0. The number of benzene rings is 1. The predicted octanol–water partition coefficient (Wildman–Crippen LogP) is 3.05. The van der Waals surface area contributed by atoms with Crippen molar-refractivity contribution in [2.75, 3.05) is 18.0 Å². The first-order valence-corrected chi connectivity index (χ1v) is 7.43. The average Bonchev–Trinajstić information content (AvgIpc) is 2.86. The van der Waals surface area contributed by atoms with Crippen LogP contribution >= 0.6 is 0 Å². The number of aromatic nitrogens is 3. The van der Waals surface area contributed by atoms with E-state index in [-0.39, 0.29) is 5.75 Å². The molecule has 5 heteroatoms. The van der Waals surface area contributed by atoms with E-state index in [1.165, 1.54) is 12.8 Å². The Bertz CT molecular complexity index is 802. The van der Waals surface area contributed by atoms with Gasteiger partial charge in [0, 0.05) is 24.0 Å². The minimum atomic E-state index is 0.269. The summed E-state index contributed by atoms with van der Waals surface area (Å²) >= 11 is 0. The Hall–Kier alpha value is -2.30. The Labute approximate surface area is 122 Å². The number of phenolic OH excluding ortho intramolecular Hbond substituents is 1. The number of hydrogen-bond acceptors (Lipinski definition) is 4. The van der Waals surface area contributed by atoms with Gasteiger partial charge in [-0.2, -0.15) is 0 Å². The molecule has 1 aromatic carbocycles. The Kier molecular flexibility index (Phi) is 2.74. The third-order valence-electron chi connectivity index (χ3n) is 4.44. The molecular weight excluding hydrogens is 264 g/mol. The molecule has 0 atom stereocenters. The van der Waals surface area contributed by atoms with E-state index in [0.717, 1.165) is 46.8 Å². The largest absolute Gasteiger partial charge is 0.508 e. The van der Waals surface area contributed by atoms with Crippen molar-refractivity contribution in [3.05, 3.63) is 24.5 Å². The summed E-state index contributed by atoms with van der Waals surface area (Å²) in [5, 5.41) is 11.8. The van der Waals surface area contributed by atoms with Gasteiger partial charge < -0.3 is 15.0 Å². The molecule has 2 N–H and O–H groups in total. The first kappa shape index (κ1) is 12.4. The lowest BCUT2D eigenvalue weighted by atomic mass is 9.99. The standard InChI is InChI=1S/C16H18N4O/c1-10-4-6-20(7-5-10)16-14-12-8-11(21)2-3-13(12)19-15(14)17-9-18-16/h2-3,8-10,21H,4-7H2,1H3,(H,17,18,19). The lowest BCUT2D eigenvalue weighted by Gasteiger charge is -2.31. The Morgan fingerprint density at radius 1 is 1.24 bits per heavy atom. The van der Waals surface area contributed by atoms with Gasteiger partial charge in [-0.05, 0) is 37.0 Å². The number of anilines is 1. The van der Waals surface area contributed by atoms with Crippen molar-refractivity contribution in [2.24, 2.45) is 5.92 Å². The van der Waals surface area contributed by atoms with Gasteiger partial charge in [0.05, 0.1) is 5.39 Å². The molecule has 5 nitrogen and oxygen atoms in total. The summed E-state index contributed by atoms with van der Waals surface area (Å²) in [7, 11) is 0. The number of nitrogens with zero attached hydrogens (tertiary/aromatic N) is 3. The molecular formula is C16H18N4O. The molecule has 3 aromatic rings. The van der Waals surface area contributed by atoms with E-state index in [4.69, 9.17) is 0 Å². The normalized spacial score (nSPS) is 16.9. The highest BCUT2D eigenvalue weighted by Crippen LogP contribution is 2.34. The van der Waals surface area contributed by atoms with Crippen LogP contribution in [0, 0.1) is 5.92 Å². The molecule has 0 aliphatic carbocycles. The number of hydrogen-bond donors (Lipinski definition) is 2. The Morgan fingerprint density at radius 3 is 2.86 bits per heavy atom. The van der Waals surface area contributed by atoms with Gasteiger partial charge in [-0.15, -0.1) is 0 Å². The van der Waals surface area contributed by atoms with Crippen molar-refractivity contribution in [1.29, 1.82) is 0 Å². The van der Waals surface area contributed by atoms with Crippen LogP contribution < -0.4 is 4.90 Å². The summed E-state index contributed by atoms with van der Waals surface area (Å²) in [6.45, 7) is 4.36. The molecule has 0 amide bonds. The maximum Gasteiger partial charge on any atom is 0.143 e. The second-order valence-electron chi connectivity index (χ2n) is 5.95. The van der Waals surface area contributed by atoms with Gasteiger partial charge in [0.2, 0.25) is 0 Å². The number of H-pyrrole nitrogens is 1. The van der Waals surface area contributed by atoms with Crippen LogP contribution in [0.3, 0.4) is 0 Å². The van der Waals surface area contributed by atoms with E-state index in [2.05, 4.69) is 26.8 Å². The van der Waals surface area contributed by atoms with E-state index < -0.39 is 0 Å². The highest BCUT2D eigenvalue weighted by molar-refractivity contribution is 6.11. The van der Waals surface area contributed by atoms with Gasteiger partial charge in [-0.25, -0.2) is 9.97 Å². The Morgan fingerprint density at radius 2 is 2.05 bits per heavy atom. The van der Waals surface area contributed by atoms with Crippen molar-refractivity contribution < 1.29 is 5.11 Å². The molecule has 3 heterocycles. The molecule has 0 spiro atoms. The summed E-state index contributed by atoms with van der Waals surface area (Å²) in [6.07, 6.45) is 4.00. The molecule has 4 rings (SSSR count). The molecule has 0 bridgehead atoms. The number of nitrogens with one attached hydrogen (secondary N) is 1. The van der Waals surface area contributed by atoms with E-state index >= 15 is 0 Å². The topological polar surface area (TPSA) is 65.0 Å². The molecule has 0 saturated carbocycles. The minimum absolute atomic E-state index is 0.269. The van der Waals surface area contributed by atoms with Crippen LogP contribution in [-0.2, 0) is 0 Å². The second-order valence-corrected chi connectivity index (χ2v) is 5.95. The van der Waals surface area contributed by atoms with E-state index in [0.29, 0.717) is 0 Å². The Balaban J connectivity index is 1.92. The van der Waals surface area contributed by atoms with Gasteiger partial charge in [0.15, 0.2) is 0 Å². The first-order valence-electron chi connectivity index (χ1n) is 7.43. The van der Waals surface area contributed by atoms with E-state index in [9.17, 15) is 5.11 Å². The fraction of sp³-hybridized carbons (Fsp3) is 0.375. The lowest BCUT2D eigenvalue weighted by molar-refractivity contribution is 0.437. The van der Waals surface area contributed by atoms with Crippen LogP contribution in [0.15, 0.2) is 24.5 Å². The van der Waals surface area contributed by atoms with Crippen LogP contribution in [0.4, 0.5) is 5.82 Å². The zero-order valence-corrected chi connectivity index (χ0v) is 12.0. The highest BCUT2D eigenvalue weighted by atomic mass is 16.3. The average molecular weight is 282 g/mol. The van der Waals surface area contributed by atoms with Gasteiger partial charge in [0.1, 0.15) is 23.5 Å².